The van der Waals surface area contributed by atoms with E-state index in [1.54, 1.807) is 13.0 Å². The highest BCUT2D eigenvalue weighted by molar-refractivity contribution is 7.90. The molecule has 2 rings (SSSR count). The Morgan fingerprint density at radius 2 is 2.09 bits per heavy atom. The van der Waals surface area contributed by atoms with Crippen LogP contribution in [0.5, 0.6) is 0 Å². The summed E-state index contributed by atoms with van der Waals surface area (Å²) in [5, 5.41) is 7.17. The summed E-state index contributed by atoms with van der Waals surface area (Å²) < 4.78 is 26.1. The van der Waals surface area contributed by atoms with Gasteiger partial charge in [0.15, 0.2) is 5.84 Å². The van der Waals surface area contributed by atoms with Crippen LogP contribution in [0.15, 0.2) is 46.0 Å². The molecule has 0 spiro atoms. The van der Waals surface area contributed by atoms with E-state index in [0.29, 0.717) is 5.70 Å². The maximum atomic E-state index is 12.1. The quantitative estimate of drug-likeness (QED) is 0.740. The summed E-state index contributed by atoms with van der Waals surface area (Å²) in [6.45, 7) is 1.71. The van der Waals surface area contributed by atoms with Gasteiger partial charge in [-0.15, -0.1) is 5.10 Å². The van der Waals surface area contributed by atoms with Crippen LogP contribution in [0.2, 0.25) is 5.02 Å². The molecule has 11 heteroatoms. The monoisotopic (exact) mass is 359 g/mol. The first-order valence-corrected chi connectivity index (χ1v) is 8.14. The smallest absolute Gasteiger partial charge is 0.290 e. The third kappa shape index (κ3) is 4.34. The molecule has 2 amide bonds. The summed E-state index contributed by atoms with van der Waals surface area (Å²) in [6.07, 6.45) is 1.50. The van der Waals surface area contributed by atoms with E-state index in [-0.39, 0.29) is 15.8 Å². The lowest BCUT2D eigenvalue weighted by molar-refractivity contribution is -0.164. The van der Waals surface area contributed by atoms with Gasteiger partial charge >= 0.3 is 6.03 Å². The Morgan fingerprint density at radius 1 is 1.39 bits per heavy atom. The predicted molar refractivity (Wildman–Crippen MR) is 83.5 cm³/mol. The van der Waals surface area contributed by atoms with Crippen LogP contribution < -0.4 is 15.5 Å². The van der Waals surface area contributed by atoms with Gasteiger partial charge in [0.2, 0.25) is 0 Å². The molecule has 0 bridgehead atoms. The van der Waals surface area contributed by atoms with E-state index in [1.807, 2.05) is 4.72 Å². The second-order valence-corrected chi connectivity index (χ2v) is 6.43. The Hall–Kier alpha value is -2.30. The van der Waals surface area contributed by atoms with Gasteiger partial charge in [-0.2, -0.15) is 0 Å². The van der Waals surface area contributed by atoms with Gasteiger partial charge in [0.25, 0.3) is 10.0 Å². The van der Waals surface area contributed by atoms with Gasteiger partial charge in [0.1, 0.15) is 4.90 Å². The van der Waals surface area contributed by atoms with Crippen molar-refractivity contribution in [3.63, 3.8) is 0 Å². The maximum absolute atomic E-state index is 12.1. The number of carbonyl (C=O) groups excluding carboxylic acids is 1. The van der Waals surface area contributed by atoms with Crippen molar-refractivity contribution in [2.75, 3.05) is 7.11 Å². The van der Waals surface area contributed by atoms with Gasteiger partial charge < -0.3 is 0 Å². The van der Waals surface area contributed by atoms with E-state index < -0.39 is 16.1 Å². The lowest BCUT2D eigenvalue weighted by Gasteiger charge is -2.22. The van der Waals surface area contributed by atoms with Gasteiger partial charge in [-0.1, -0.05) is 29.0 Å². The highest BCUT2D eigenvalue weighted by Gasteiger charge is 2.21. The molecule has 1 aliphatic heterocycles. The Bertz CT molecular complexity index is 777. The number of nitrogens with one attached hydrogen (secondary N) is 3. The molecule has 0 unspecified atom stereocenters. The van der Waals surface area contributed by atoms with Crippen molar-refractivity contribution in [2.24, 2.45) is 5.10 Å². The van der Waals surface area contributed by atoms with Crippen LogP contribution in [0, 0.1) is 0 Å². The number of allylic oxidation sites excluding steroid dienone is 1. The normalized spacial score (nSPS) is 14.5. The largest absolute Gasteiger partial charge is 0.334 e. The predicted octanol–water partition coefficient (Wildman–Crippen LogP) is 0.927. The second-order valence-electron chi connectivity index (χ2n) is 4.37. The summed E-state index contributed by atoms with van der Waals surface area (Å²) in [5.41, 5.74) is 3.36. The number of rotatable bonds is 3. The number of halogens is 1. The Labute approximate surface area is 137 Å². The molecule has 1 heterocycles. The van der Waals surface area contributed by atoms with E-state index in [9.17, 15) is 13.2 Å². The number of hydrazone groups is 1. The standard InChI is InChI=1S/C12H14ClN5O4S/c1-8-7-11(16-18(15-8)22-2)14-12(19)17-23(20,21)10-6-4-3-5-9(10)13/h3-7,15H,1-2H3,(H2,14,16,17,19). The zero-order valence-corrected chi connectivity index (χ0v) is 13.8. The first-order valence-electron chi connectivity index (χ1n) is 6.28. The van der Waals surface area contributed by atoms with Crippen LogP contribution in [-0.4, -0.2) is 32.7 Å². The number of hydrogen-bond acceptors (Lipinski definition) is 7. The minimum Gasteiger partial charge on any atom is -0.290 e. The molecule has 0 radical (unpaired) electrons. The fourth-order valence-electron chi connectivity index (χ4n) is 1.67. The third-order valence-electron chi connectivity index (χ3n) is 2.59. The number of hydrogen-bond donors (Lipinski definition) is 3. The Balaban J connectivity index is 2.11. The van der Waals surface area contributed by atoms with Crippen LogP contribution in [-0.2, 0) is 14.9 Å². The minimum absolute atomic E-state index is 0.00769. The number of amidine groups is 1. The van der Waals surface area contributed by atoms with Gasteiger partial charge in [0.05, 0.1) is 12.1 Å². The Morgan fingerprint density at radius 3 is 2.74 bits per heavy atom. The van der Waals surface area contributed by atoms with Crippen molar-refractivity contribution in [1.82, 2.24) is 20.7 Å². The van der Waals surface area contributed by atoms with E-state index in [4.69, 9.17) is 16.4 Å². The fourth-order valence-corrected chi connectivity index (χ4v) is 3.10. The highest BCUT2D eigenvalue weighted by Crippen LogP contribution is 2.19. The Kier molecular flexibility index (Phi) is 5.08. The van der Waals surface area contributed by atoms with E-state index in [2.05, 4.69) is 15.8 Å². The number of nitrogens with zero attached hydrogens (tertiary/aromatic N) is 2. The summed E-state index contributed by atoms with van der Waals surface area (Å²) in [7, 11) is -2.73. The van der Waals surface area contributed by atoms with Crippen LogP contribution in [0.3, 0.4) is 0 Å². The van der Waals surface area contributed by atoms with Gasteiger partial charge in [0, 0.05) is 11.8 Å². The van der Waals surface area contributed by atoms with Crippen molar-refractivity contribution < 1.29 is 18.0 Å². The molecule has 0 atom stereocenters. The summed E-state index contributed by atoms with van der Waals surface area (Å²) >= 11 is 5.83. The van der Waals surface area contributed by atoms with Crippen LogP contribution in [0.25, 0.3) is 0 Å². The molecule has 124 valence electrons. The number of benzene rings is 1. The number of carbonyl (C=O) groups is 1. The summed E-state index contributed by atoms with van der Waals surface area (Å²) in [4.78, 5) is 16.5. The fraction of sp³-hybridized carbons (Fsp3) is 0.167. The number of amides is 2. The van der Waals surface area contributed by atoms with E-state index in [1.165, 1.54) is 31.4 Å². The maximum Gasteiger partial charge on any atom is 0.334 e. The summed E-state index contributed by atoms with van der Waals surface area (Å²) in [6, 6.07) is 4.80. The van der Waals surface area contributed by atoms with Crippen molar-refractivity contribution in [2.45, 2.75) is 11.8 Å². The molecule has 1 aromatic rings. The molecule has 1 aromatic carbocycles. The molecule has 0 aromatic heterocycles. The average molecular weight is 360 g/mol. The van der Waals surface area contributed by atoms with Gasteiger partial charge in [-0.25, -0.2) is 22.8 Å². The highest BCUT2D eigenvalue weighted by atomic mass is 35.5. The lowest BCUT2D eigenvalue weighted by Crippen LogP contribution is -2.45. The third-order valence-corrected chi connectivity index (χ3v) is 4.42. The molecule has 23 heavy (non-hydrogen) atoms. The molecule has 9 nitrogen and oxygen atoms in total. The van der Waals surface area contributed by atoms with E-state index >= 15 is 0 Å². The van der Waals surface area contributed by atoms with E-state index in [0.717, 1.165) is 5.28 Å². The topological polar surface area (TPSA) is 112 Å². The van der Waals surface area contributed by atoms with Crippen LogP contribution >= 0.6 is 11.6 Å². The molecule has 3 N–H and O–H groups in total. The van der Waals surface area contributed by atoms with Crippen molar-refractivity contribution in [3.05, 3.63) is 41.1 Å². The molecule has 1 aliphatic rings. The second kappa shape index (κ2) is 6.86. The van der Waals surface area contributed by atoms with Crippen molar-refractivity contribution in [3.8, 4) is 0 Å². The van der Waals surface area contributed by atoms with Crippen molar-refractivity contribution in [1.29, 1.82) is 0 Å². The van der Waals surface area contributed by atoms with Crippen molar-refractivity contribution >= 4 is 33.5 Å². The first kappa shape index (κ1) is 17.1. The van der Waals surface area contributed by atoms with Crippen LogP contribution in [0.1, 0.15) is 6.92 Å². The number of urea groups is 1. The average Bonchev–Trinajstić information content (AvgIpc) is 2.46. The molecule has 0 saturated heterocycles. The zero-order valence-electron chi connectivity index (χ0n) is 12.2. The summed E-state index contributed by atoms with van der Waals surface area (Å²) in [5.74, 6) is 0.0926. The molecule has 0 fully saturated rings. The molecular formula is C12H14ClN5O4S. The lowest BCUT2D eigenvalue weighted by atomic mass is 10.4. The zero-order chi connectivity index (χ0) is 17.0. The molecule has 0 aliphatic carbocycles. The number of sulfonamides is 1. The number of hydrazine groups is 1. The SMILES string of the molecule is CON1N=C(NC(=O)NS(=O)(=O)c2ccccc2Cl)C=C(C)N1. The van der Waals surface area contributed by atoms with Crippen LogP contribution in [0.4, 0.5) is 4.79 Å². The minimum atomic E-state index is -4.10. The molecular weight excluding hydrogens is 346 g/mol. The molecule has 0 saturated carbocycles. The van der Waals surface area contributed by atoms with Gasteiger partial charge in [-0.3, -0.25) is 10.7 Å². The first-order chi connectivity index (χ1) is 10.8. The van der Waals surface area contributed by atoms with Gasteiger partial charge in [-0.05, 0) is 19.1 Å².